The molecule has 28 heavy (non-hydrogen) atoms. The number of likely N-dealkylation sites (tertiary alicyclic amines) is 1. The summed E-state index contributed by atoms with van der Waals surface area (Å²) in [6.07, 6.45) is 5.69. The first-order valence-electron chi connectivity index (χ1n) is 10.7. The molecule has 1 aromatic carbocycles. The van der Waals surface area contributed by atoms with Gasteiger partial charge in [-0.15, -0.1) is 0 Å². The molecule has 156 valence electrons. The first-order chi connectivity index (χ1) is 13.6. The maximum Gasteiger partial charge on any atom is 0.254 e. The number of carbonyl (C=O) groups excluding carboxylic acids is 2. The van der Waals surface area contributed by atoms with Crippen molar-refractivity contribution in [2.24, 2.45) is 5.73 Å². The number of benzene rings is 1. The lowest BCUT2D eigenvalue weighted by Gasteiger charge is -2.36. The van der Waals surface area contributed by atoms with Gasteiger partial charge in [0, 0.05) is 56.4 Å². The van der Waals surface area contributed by atoms with Gasteiger partial charge >= 0.3 is 0 Å². The fraction of sp³-hybridized carbons (Fsp3) is 0.636. The number of unbranched alkanes of at least 4 members (excludes halogenated alkanes) is 1. The number of carbonyl (C=O) groups is 2. The Morgan fingerprint density at radius 1 is 1.21 bits per heavy atom. The molecule has 1 saturated heterocycles. The summed E-state index contributed by atoms with van der Waals surface area (Å²) in [7, 11) is 0. The first-order valence-corrected chi connectivity index (χ1v) is 10.7. The highest BCUT2D eigenvalue weighted by molar-refractivity contribution is 5.95. The van der Waals surface area contributed by atoms with E-state index in [2.05, 4.69) is 24.1 Å². The Kier molecular flexibility index (Phi) is 9.28. The summed E-state index contributed by atoms with van der Waals surface area (Å²) in [5.74, 6) is 0.0116. The smallest absolute Gasteiger partial charge is 0.254 e. The fourth-order valence-electron chi connectivity index (χ4n) is 3.73. The van der Waals surface area contributed by atoms with Gasteiger partial charge in [-0.1, -0.05) is 13.3 Å². The minimum Gasteiger partial charge on any atom is -0.372 e. The predicted molar refractivity (Wildman–Crippen MR) is 115 cm³/mol. The van der Waals surface area contributed by atoms with Gasteiger partial charge in [0.1, 0.15) is 0 Å². The second-order valence-corrected chi connectivity index (χ2v) is 7.47. The summed E-state index contributed by atoms with van der Waals surface area (Å²) in [5.41, 5.74) is 7.31. The van der Waals surface area contributed by atoms with Crippen LogP contribution in [0.2, 0.25) is 0 Å². The molecule has 1 unspecified atom stereocenters. The highest BCUT2D eigenvalue weighted by atomic mass is 16.2. The molecule has 6 heteroatoms. The van der Waals surface area contributed by atoms with Crippen LogP contribution in [0.5, 0.6) is 0 Å². The summed E-state index contributed by atoms with van der Waals surface area (Å²) < 4.78 is 0. The van der Waals surface area contributed by atoms with E-state index < -0.39 is 0 Å². The Bertz CT molecular complexity index is 617. The lowest BCUT2D eigenvalue weighted by atomic mass is 10.0. The number of nitrogens with zero attached hydrogens (tertiary/aromatic N) is 2. The van der Waals surface area contributed by atoms with E-state index in [1.807, 2.05) is 29.2 Å². The number of hydrogen-bond acceptors (Lipinski definition) is 4. The van der Waals surface area contributed by atoms with Crippen LogP contribution in [0.15, 0.2) is 24.3 Å². The van der Waals surface area contributed by atoms with Gasteiger partial charge in [-0.25, -0.2) is 0 Å². The highest BCUT2D eigenvalue weighted by Gasteiger charge is 2.27. The van der Waals surface area contributed by atoms with Crippen molar-refractivity contribution < 1.29 is 9.59 Å². The van der Waals surface area contributed by atoms with Crippen LogP contribution in [-0.4, -0.2) is 55.5 Å². The van der Waals surface area contributed by atoms with Gasteiger partial charge in [-0.2, -0.15) is 0 Å². The lowest BCUT2D eigenvalue weighted by molar-refractivity contribution is -0.121. The maximum atomic E-state index is 13.1. The van der Waals surface area contributed by atoms with Crippen molar-refractivity contribution in [3.05, 3.63) is 29.8 Å². The van der Waals surface area contributed by atoms with Gasteiger partial charge in [0.25, 0.3) is 5.91 Å². The molecule has 1 aliphatic heterocycles. The zero-order valence-corrected chi connectivity index (χ0v) is 17.5. The van der Waals surface area contributed by atoms with Gasteiger partial charge in [0.15, 0.2) is 0 Å². The Balaban J connectivity index is 2.02. The third-order valence-corrected chi connectivity index (χ3v) is 5.44. The molecule has 2 amide bonds. The second-order valence-electron chi connectivity index (χ2n) is 7.47. The Hall–Kier alpha value is -2.08. The normalized spacial score (nSPS) is 16.7. The molecule has 1 heterocycles. The van der Waals surface area contributed by atoms with E-state index >= 15 is 0 Å². The molecular weight excluding hydrogens is 352 g/mol. The van der Waals surface area contributed by atoms with Crippen molar-refractivity contribution in [3.8, 4) is 0 Å². The highest BCUT2D eigenvalue weighted by Crippen LogP contribution is 2.21. The molecule has 0 saturated carbocycles. The van der Waals surface area contributed by atoms with Crippen molar-refractivity contribution in [3.63, 3.8) is 0 Å². The van der Waals surface area contributed by atoms with Crippen molar-refractivity contribution in [2.45, 2.75) is 58.4 Å². The summed E-state index contributed by atoms with van der Waals surface area (Å²) in [4.78, 5) is 29.1. The number of hydrogen-bond donors (Lipinski definition) is 2. The van der Waals surface area contributed by atoms with Crippen molar-refractivity contribution >= 4 is 17.5 Å². The van der Waals surface area contributed by atoms with E-state index in [9.17, 15) is 9.59 Å². The van der Waals surface area contributed by atoms with Crippen LogP contribution in [0.3, 0.4) is 0 Å². The average molecular weight is 389 g/mol. The van der Waals surface area contributed by atoms with Crippen molar-refractivity contribution in [1.29, 1.82) is 0 Å². The van der Waals surface area contributed by atoms with E-state index in [1.165, 1.54) is 12.8 Å². The standard InChI is InChI=1S/C22H36N4O2/c1-3-5-15-25(4-2)19-11-9-18(10-12-19)22(28)26-16-7-6-8-20(26)17-24-21(27)13-14-23/h9-12,20H,3-8,13-17,23H2,1-2H3,(H,24,27). The summed E-state index contributed by atoms with van der Waals surface area (Å²) in [5, 5.41) is 2.92. The molecule has 0 aliphatic carbocycles. The van der Waals surface area contributed by atoms with E-state index in [0.717, 1.165) is 50.1 Å². The Morgan fingerprint density at radius 3 is 2.61 bits per heavy atom. The molecule has 0 radical (unpaired) electrons. The Morgan fingerprint density at radius 2 is 1.96 bits per heavy atom. The predicted octanol–water partition coefficient (Wildman–Crippen LogP) is 2.77. The van der Waals surface area contributed by atoms with Crippen molar-refractivity contribution in [2.75, 3.05) is 37.6 Å². The van der Waals surface area contributed by atoms with Crippen LogP contribution >= 0.6 is 0 Å². The van der Waals surface area contributed by atoms with E-state index in [4.69, 9.17) is 5.73 Å². The molecule has 1 aliphatic rings. The first kappa shape index (κ1) is 22.2. The van der Waals surface area contributed by atoms with Crippen LogP contribution in [0.1, 0.15) is 62.7 Å². The van der Waals surface area contributed by atoms with Gasteiger partial charge in [-0.3, -0.25) is 9.59 Å². The monoisotopic (exact) mass is 388 g/mol. The van der Waals surface area contributed by atoms with Crippen molar-refractivity contribution in [1.82, 2.24) is 10.2 Å². The topological polar surface area (TPSA) is 78.7 Å². The van der Waals surface area contributed by atoms with Crippen LogP contribution in [0.25, 0.3) is 0 Å². The number of nitrogens with two attached hydrogens (primary N) is 1. The SMILES string of the molecule is CCCCN(CC)c1ccc(C(=O)N2CCCCC2CNC(=O)CCN)cc1. The minimum absolute atomic E-state index is 0.0449. The largest absolute Gasteiger partial charge is 0.372 e. The van der Waals surface area contributed by atoms with E-state index in [1.54, 1.807) is 0 Å². The fourth-order valence-corrected chi connectivity index (χ4v) is 3.73. The van der Waals surface area contributed by atoms with Gasteiger partial charge in [-0.05, 0) is 56.9 Å². The summed E-state index contributed by atoms with van der Waals surface area (Å²) in [6, 6.07) is 8.03. The molecule has 6 nitrogen and oxygen atoms in total. The Labute approximate surface area is 169 Å². The summed E-state index contributed by atoms with van der Waals surface area (Å²) >= 11 is 0. The molecule has 0 aromatic heterocycles. The number of amides is 2. The molecule has 3 N–H and O–H groups in total. The molecule has 1 fully saturated rings. The molecule has 2 rings (SSSR count). The number of nitrogens with one attached hydrogen (secondary N) is 1. The third kappa shape index (κ3) is 6.23. The third-order valence-electron chi connectivity index (χ3n) is 5.44. The van der Waals surface area contributed by atoms with Gasteiger partial charge in [0.05, 0.1) is 0 Å². The molecule has 0 bridgehead atoms. The van der Waals surface area contributed by atoms with Crippen LogP contribution in [0, 0.1) is 0 Å². The van der Waals surface area contributed by atoms with E-state index in [-0.39, 0.29) is 17.9 Å². The van der Waals surface area contributed by atoms with Gasteiger partial charge < -0.3 is 20.9 Å². The average Bonchev–Trinajstić information content (AvgIpc) is 2.73. The lowest BCUT2D eigenvalue weighted by Crippen LogP contribution is -2.49. The summed E-state index contributed by atoms with van der Waals surface area (Å²) in [6.45, 7) is 7.95. The number of rotatable bonds is 10. The molecule has 1 atom stereocenters. The van der Waals surface area contributed by atoms with Crippen LogP contribution in [0.4, 0.5) is 5.69 Å². The zero-order valence-electron chi connectivity index (χ0n) is 17.5. The van der Waals surface area contributed by atoms with Crippen LogP contribution < -0.4 is 16.0 Å². The zero-order chi connectivity index (χ0) is 20.4. The maximum absolute atomic E-state index is 13.1. The molecule has 0 spiro atoms. The van der Waals surface area contributed by atoms with E-state index in [0.29, 0.717) is 19.5 Å². The molecule has 1 aromatic rings. The van der Waals surface area contributed by atoms with Gasteiger partial charge in [0.2, 0.25) is 5.91 Å². The second kappa shape index (κ2) is 11.7. The minimum atomic E-state index is -0.0449. The molecular formula is C22H36N4O2. The number of anilines is 1. The quantitative estimate of drug-likeness (QED) is 0.646. The number of piperidine rings is 1. The van der Waals surface area contributed by atoms with Crippen LogP contribution in [-0.2, 0) is 4.79 Å².